The van der Waals surface area contributed by atoms with Crippen LogP contribution in [0.5, 0.6) is 0 Å². The van der Waals surface area contributed by atoms with E-state index in [1.807, 2.05) is 30.3 Å². The summed E-state index contributed by atoms with van der Waals surface area (Å²) in [5.41, 5.74) is 1.32. The minimum atomic E-state index is -4.56. The molecule has 3 aromatic rings. The highest BCUT2D eigenvalue weighted by atomic mass is 19.4. The van der Waals surface area contributed by atoms with Crippen LogP contribution in [0.3, 0.4) is 0 Å². The van der Waals surface area contributed by atoms with Crippen molar-refractivity contribution in [3.8, 4) is 0 Å². The number of hydrogen-bond acceptors (Lipinski definition) is 3. The number of alkyl halides is 3. The molecule has 0 aliphatic rings. The van der Waals surface area contributed by atoms with Gasteiger partial charge in [0.15, 0.2) is 0 Å². The lowest BCUT2D eigenvalue weighted by Gasteiger charge is -2.17. The van der Waals surface area contributed by atoms with Crippen molar-refractivity contribution in [2.75, 3.05) is 13.1 Å². The van der Waals surface area contributed by atoms with Gasteiger partial charge in [0.2, 0.25) is 0 Å². The van der Waals surface area contributed by atoms with Crippen molar-refractivity contribution in [2.24, 2.45) is 0 Å². The van der Waals surface area contributed by atoms with Crippen molar-refractivity contribution in [1.82, 2.24) is 10.3 Å². The summed E-state index contributed by atoms with van der Waals surface area (Å²) in [6, 6.07) is 16.0. The molecule has 142 valence electrons. The van der Waals surface area contributed by atoms with Gasteiger partial charge in [0.1, 0.15) is 5.69 Å². The Labute approximate surface area is 155 Å². The number of rotatable bonds is 6. The molecule has 1 heterocycles. The van der Waals surface area contributed by atoms with Gasteiger partial charge in [-0.25, -0.2) is 4.98 Å². The van der Waals surface area contributed by atoms with Crippen LogP contribution in [0.2, 0.25) is 0 Å². The molecule has 1 aromatic heterocycles. The predicted molar refractivity (Wildman–Crippen MR) is 99.5 cm³/mol. The van der Waals surface area contributed by atoms with Gasteiger partial charge >= 0.3 is 6.18 Å². The number of aliphatic hydroxyl groups excluding tert-OH is 1. The monoisotopic (exact) mass is 374 g/mol. The molecular formula is C21H21F3N2O. The van der Waals surface area contributed by atoms with E-state index in [2.05, 4.69) is 10.3 Å². The Morgan fingerprint density at radius 1 is 1.07 bits per heavy atom. The van der Waals surface area contributed by atoms with Crippen LogP contribution in [0.15, 0.2) is 54.6 Å². The van der Waals surface area contributed by atoms with Crippen molar-refractivity contribution in [3.05, 3.63) is 77.0 Å². The Balaban J connectivity index is 1.78. The Morgan fingerprint density at radius 2 is 1.81 bits per heavy atom. The van der Waals surface area contributed by atoms with Crippen LogP contribution < -0.4 is 5.32 Å². The third-order valence-electron chi connectivity index (χ3n) is 4.49. The minimum absolute atomic E-state index is 0.164. The summed E-state index contributed by atoms with van der Waals surface area (Å²) in [5.74, 6) is 0. The zero-order valence-corrected chi connectivity index (χ0v) is 14.9. The van der Waals surface area contributed by atoms with Crippen LogP contribution in [-0.2, 0) is 12.6 Å². The highest BCUT2D eigenvalue weighted by Crippen LogP contribution is 2.33. The molecule has 2 N–H and O–H groups in total. The number of fused-ring (bicyclic) bond motifs is 1. The van der Waals surface area contributed by atoms with Crippen LogP contribution in [0.25, 0.3) is 10.9 Å². The summed E-state index contributed by atoms with van der Waals surface area (Å²) in [6.07, 6.45) is -4.85. The van der Waals surface area contributed by atoms with Gasteiger partial charge < -0.3 is 10.4 Å². The number of aliphatic hydroxyl groups is 1. The van der Waals surface area contributed by atoms with Crippen molar-refractivity contribution in [3.63, 3.8) is 0 Å². The molecule has 0 aliphatic carbocycles. The first kappa shape index (κ1) is 19.3. The summed E-state index contributed by atoms with van der Waals surface area (Å²) in [7, 11) is 0. The van der Waals surface area contributed by atoms with E-state index in [4.69, 9.17) is 0 Å². The van der Waals surface area contributed by atoms with Crippen LogP contribution in [-0.4, -0.2) is 23.2 Å². The van der Waals surface area contributed by atoms with Gasteiger partial charge in [0.25, 0.3) is 0 Å². The van der Waals surface area contributed by atoms with Crippen LogP contribution in [0, 0.1) is 6.92 Å². The van der Waals surface area contributed by atoms with Gasteiger partial charge in [-0.2, -0.15) is 13.2 Å². The topological polar surface area (TPSA) is 45.1 Å². The van der Waals surface area contributed by atoms with Crippen LogP contribution in [0.4, 0.5) is 13.2 Å². The Morgan fingerprint density at radius 3 is 2.52 bits per heavy atom. The molecule has 0 bridgehead atoms. The molecule has 6 heteroatoms. The first-order valence-corrected chi connectivity index (χ1v) is 8.76. The molecule has 0 amide bonds. The van der Waals surface area contributed by atoms with E-state index in [0.29, 0.717) is 17.5 Å². The van der Waals surface area contributed by atoms with E-state index < -0.39 is 18.0 Å². The maximum absolute atomic E-state index is 13.2. The van der Waals surface area contributed by atoms with Gasteiger partial charge in [0.05, 0.1) is 11.6 Å². The smallest absolute Gasteiger partial charge is 0.387 e. The molecule has 0 saturated heterocycles. The maximum atomic E-state index is 13.2. The Bertz CT molecular complexity index is 910. The molecule has 0 radical (unpaired) electrons. The Kier molecular flexibility index (Phi) is 5.77. The number of nitrogens with one attached hydrogen (secondary N) is 1. The maximum Gasteiger partial charge on any atom is 0.433 e. The third kappa shape index (κ3) is 4.64. The molecule has 0 spiro atoms. The zero-order chi connectivity index (χ0) is 19.4. The normalized spacial score (nSPS) is 13.1. The fourth-order valence-electron chi connectivity index (χ4n) is 3.07. The Hall–Kier alpha value is -2.44. The lowest BCUT2D eigenvalue weighted by molar-refractivity contribution is -0.141. The fourth-order valence-corrected chi connectivity index (χ4v) is 3.07. The summed E-state index contributed by atoms with van der Waals surface area (Å²) >= 11 is 0. The first-order valence-electron chi connectivity index (χ1n) is 8.76. The van der Waals surface area contributed by atoms with E-state index >= 15 is 0 Å². The SMILES string of the molecule is Cc1cccc2c(C(O)CNCCc3ccccc3)cc(C(F)(F)F)nc12. The molecule has 2 aromatic carbocycles. The number of halogens is 3. The second-order valence-corrected chi connectivity index (χ2v) is 6.52. The van der Waals surface area contributed by atoms with Crippen LogP contribution in [0.1, 0.15) is 28.5 Å². The molecule has 1 atom stereocenters. The van der Waals surface area contributed by atoms with E-state index in [1.54, 1.807) is 25.1 Å². The van der Waals surface area contributed by atoms with Crippen molar-refractivity contribution in [1.29, 1.82) is 0 Å². The number of nitrogens with zero attached hydrogens (tertiary/aromatic N) is 1. The van der Waals surface area contributed by atoms with Crippen molar-refractivity contribution >= 4 is 10.9 Å². The predicted octanol–water partition coefficient (Wildman–Crippen LogP) is 4.43. The van der Waals surface area contributed by atoms with Crippen molar-refractivity contribution < 1.29 is 18.3 Å². The van der Waals surface area contributed by atoms with Gasteiger partial charge in [-0.15, -0.1) is 0 Å². The third-order valence-corrected chi connectivity index (χ3v) is 4.49. The van der Waals surface area contributed by atoms with E-state index in [0.717, 1.165) is 18.1 Å². The average Bonchev–Trinajstić information content (AvgIpc) is 2.65. The molecule has 0 fully saturated rings. The van der Waals surface area contributed by atoms with Crippen LogP contribution >= 0.6 is 0 Å². The summed E-state index contributed by atoms with van der Waals surface area (Å²) < 4.78 is 39.7. The highest BCUT2D eigenvalue weighted by molar-refractivity contribution is 5.85. The molecule has 3 rings (SSSR count). The summed E-state index contributed by atoms with van der Waals surface area (Å²) in [6.45, 7) is 2.50. The number of benzene rings is 2. The molecule has 1 unspecified atom stereocenters. The lowest BCUT2D eigenvalue weighted by Crippen LogP contribution is -2.24. The van der Waals surface area contributed by atoms with Gasteiger partial charge in [-0.05, 0) is 42.6 Å². The molecule has 0 saturated carbocycles. The highest BCUT2D eigenvalue weighted by Gasteiger charge is 2.34. The number of aryl methyl sites for hydroxylation is 1. The number of aromatic nitrogens is 1. The quantitative estimate of drug-likeness (QED) is 0.628. The molecule has 3 nitrogen and oxygen atoms in total. The van der Waals surface area contributed by atoms with Crippen molar-refractivity contribution in [2.45, 2.75) is 25.6 Å². The number of pyridine rings is 1. The number of hydrogen-bond donors (Lipinski definition) is 2. The zero-order valence-electron chi connectivity index (χ0n) is 14.9. The van der Waals surface area contributed by atoms with E-state index in [1.165, 1.54) is 0 Å². The van der Waals surface area contributed by atoms with Gasteiger partial charge in [0, 0.05) is 11.9 Å². The number of para-hydroxylation sites is 1. The van der Waals surface area contributed by atoms with E-state index in [-0.39, 0.29) is 17.6 Å². The van der Waals surface area contributed by atoms with Gasteiger partial charge in [-0.1, -0.05) is 48.5 Å². The molecular weight excluding hydrogens is 353 g/mol. The van der Waals surface area contributed by atoms with Gasteiger partial charge in [-0.3, -0.25) is 0 Å². The summed E-state index contributed by atoms with van der Waals surface area (Å²) in [4.78, 5) is 3.77. The molecule has 27 heavy (non-hydrogen) atoms. The first-order chi connectivity index (χ1) is 12.9. The lowest BCUT2D eigenvalue weighted by atomic mass is 10.00. The second kappa shape index (κ2) is 8.06. The van der Waals surface area contributed by atoms with E-state index in [9.17, 15) is 18.3 Å². The largest absolute Gasteiger partial charge is 0.433 e. The molecule has 0 aliphatic heterocycles. The second-order valence-electron chi connectivity index (χ2n) is 6.52. The average molecular weight is 374 g/mol. The minimum Gasteiger partial charge on any atom is -0.387 e. The fraction of sp³-hybridized carbons (Fsp3) is 0.286. The standard InChI is InChI=1S/C21H21F3N2O/c1-14-6-5-9-16-17(12-19(21(22,23)24)26-20(14)16)18(27)13-25-11-10-15-7-3-2-4-8-15/h2-9,12,18,25,27H,10-11,13H2,1H3. The summed E-state index contributed by atoms with van der Waals surface area (Å²) in [5, 5.41) is 14.2.